The Morgan fingerprint density at radius 2 is 1.54 bits per heavy atom. The molecule has 0 aliphatic rings. The summed E-state index contributed by atoms with van der Waals surface area (Å²) >= 11 is 1.41. The lowest BCUT2D eigenvalue weighted by molar-refractivity contribution is -0.118. The topological polar surface area (TPSA) is 68.3 Å². The SMILES string of the molecule is O=C(COc1ccc(C(=O)c2ccccc2)cc1)Nc1nc2ccccc2s1. The highest BCUT2D eigenvalue weighted by Crippen LogP contribution is 2.25. The Hall–Kier alpha value is -3.51. The van der Waals surface area contributed by atoms with E-state index in [1.54, 1.807) is 36.4 Å². The standard InChI is InChI=1S/C22H16N2O3S/c25-20(24-22-23-18-8-4-5-9-19(18)28-22)14-27-17-12-10-16(11-13-17)21(26)15-6-2-1-3-7-15/h1-13H,14H2,(H,23,24,25). The maximum Gasteiger partial charge on any atom is 0.264 e. The molecule has 0 saturated carbocycles. The normalized spacial score (nSPS) is 10.6. The summed E-state index contributed by atoms with van der Waals surface area (Å²) in [6, 6.07) is 23.5. The first-order valence-corrected chi connectivity index (χ1v) is 9.49. The molecule has 0 unspecified atom stereocenters. The van der Waals surface area contributed by atoms with Gasteiger partial charge in [0.05, 0.1) is 10.2 Å². The smallest absolute Gasteiger partial charge is 0.264 e. The molecule has 4 aromatic rings. The fraction of sp³-hybridized carbons (Fsp3) is 0.0455. The third-order valence-corrected chi connectivity index (χ3v) is 5.01. The van der Waals surface area contributed by atoms with Crippen molar-refractivity contribution in [2.24, 2.45) is 0 Å². The van der Waals surface area contributed by atoms with Crippen molar-refractivity contribution in [3.05, 3.63) is 90.0 Å². The van der Waals surface area contributed by atoms with Gasteiger partial charge in [0, 0.05) is 11.1 Å². The molecule has 1 aromatic heterocycles. The molecular formula is C22H16N2O3S. The minimum Gasteiger partial charge on any atom is -0.484 e. The fourth-order valence-electron chi connectivity index (χ4n) is 2.69. The lowest BCUT2D eigenvalue weighted by Gasteiger charge is -2.07. The van der Waals surface area contributed by atoms with Gasteiger partial charge in [0.2, 0.25) is 0 Å². The summed E-state index contributed by atoms with van der Waals surface area (Å²) in [5.74, 6) is 0.174. The van der Waals surface area contributed by atoms with Crippen LogP contribution in [0.4, 0.5) is 5.13 Å². The van der Waals surface area contributed by atoms with Gasteiger partial charge in [0.25, 0.3) is 5.91 Å². The number of rotatable bonds is 6. The van der Waals surface area contributed by atoms with Gasteiger partial charge in [-0.2, -0.15) is 0 Å². The van der Waals surface area contributed by atoms with E-state index in [2.05, 4.69) is 10.3 Å². The largest absolute Gasteiger partial charge is 0.484 e. The molecule has 1 heterocycles. The van der Waals surface area contributed by atoms with Gasteiger partial charge in [-0.1, -0.05) is 53.8 Å². The van der Waals surface area contributed by atoms with E-state index >= 15 is 0 Å². The molecule has 0 radical (unpaired) electrons. The number of amides is 1. The molecule has 138 valence electrons. The van der Waals surface area contributed by atoms with E-state index in [9.17, 15) is 9.59 Å². The van der Waals surface area contributed by atoms with Gasteiger partial charge < -0.3 is 4.74 Å². The van der Waals surface area contributed by atoms with Crippen LogP contribution in [0, 0.1) is 0 Å². The Morgan fingerprint density at radius 1 is 0.857 bits per heavy atom. The number of hydrogen-bond donors (Lipinski definition) is 1. The highest BCUT2D eigenvalue weighted by molar-refractivity contribution is 7.22. The predicted molar refractivity (Wildman–Crippen MR) is 110 cm³/mol. The van der Waals surface area contributed by atoms with Crippen LogP contribution in [0.5, 0.6) is 5.75 Å². The van der Waals surface area contributed by atoms with E-state index in [0.717, 1.165) is 10.2 Å². The summed E-state index contributed by atoms with van der Waals surface area (Å²) in [7, 11) is 0. The van der Waals surface area contributed by atoms with Crippen molar-refractivity contribution < 1.29 is 14.3 Å². The van der Waals surface area contributed by atoms with Crippen molar-refractivity contribution in [1.29, 1.82) is 0 Å². The highest BCUT2D eigenvalue weighted by Gasteiger charge is 2.10. The molecule has 6 heteroatoms. The molecule has 5 nitrogen and oxygen atoms in total. The molecule has 0 aliphatic carbocycles. The molecule has 1 N–H and O–H groups in total. The van der Waals surface area contributed by atoms with Gasteiger partial charge in [-0.3, -0.25) is 14.9 Å². The Balaban J connectivity index is 1.34. The number of ketones is 1. The summed E-state index contributed by atoms with van der Waals surface area (Å²) in [6.45, 7) is -0.137. The molecule has 0 fully saturated rings. The van der Waals surface area contributed by atoms with Gasteiger partial charge in [-0.25, -0.2) is 4.98 Å². The molecule has 0 bridgehead atoms. The van der Waals surface area contributed by atoms with Crippen molar-refractivity contribution in [2.75, 3.05) is 11.9 Å². The van der Waals surface area contributed by atoms with E-state index in [4.69, 9.17) is 4.74 Å². The van der Waals surface area contributed by atoms with Crippen LogP contribution < -0.4 is 10.1 Å². The number of ether oxygens (including phenoxy) is 1. The van der Waals surface area contributed by atoms with Crippen LogP contribution in [-0.4, -0.2) is 23.3 Å². The number of fused-ring (bicyclic) bond motifs is 1. The Kier molecular flexibility index (Phi) is 5.12. The second-order valence-electron chi connectivity index (χ2n) is 6.04. The van der Waals surface area contributed by atoms with Gasteiger partial charge in [0.15, 0.2) is 17.5 Å². The number of carbonyl (C=O) groups excluding carboxylic acids is 2. The average molecular weight is 388 g/mol. The zero-order valence-corrected chi connectivity index (χ0v) is 15.6. The predicted octanol–water partition coefficient (Wildman–Crippen LogP) is 4.54. The van der Waals surface area contributed by atoms with E-state index < -0.39 is 0 Å². The average Bonchev–Trinajstić information content (AvgIpc) is 3.15. The number of nitrogens with one attached hydrogen (secondary N) is 1. The van der Waals surface area contributed by atoms with E-state index in [1.165, 1.54) is 11.3 Å². The van der Waals surface area contributed by atoms with Crippen LogP contribution in [0.1, 0.15) is 15.9 Å². The zero-order valence-electron chi connectivity index (χ0n) is 14.8. The number of hydrogen-bond acceptors (Lipinski definition) is 5. The first-order chi connectivity index (χ1) is 13.7. The summed E-state index contributed by atoms with van der Waals surface area (Å²) in [5.41, 5.74) is 2.05. The van der Waals surface area contributed by atoms with Crippen LogP contribution in [-0.2, 0) is 4.79 Å². The summed E-state index contributed by atoms with van der Waals surface area (Å²) in [4.78, 5) is 28.9. The second-order valence-corrected chi connectivity index (χ2v) is 7.07. The van der Waals surface area contributed by atoms with Gasteiger partial charge in [-0.15, -0.1) is 0 Å². The molecule has 28 heavy (non-hydrogen) atoms. The van der Waals surface area contributed by atoms with Crippen LogP contribution in [0.2, 0.25) is 0 Å². The van der Waals surface area contributed by atoms with Crippen molar-refractivity contribution in [2.45, 2.75) is 0 Å². The fourth-order valence-corrected chi connectivity index (χ4v) is 3.57. The molecular weight excluding hydrogens is 372 g/mol. The van der Waals surface area contributed by atoms with Crippen molar-refractivity contribution in [1.82, 2.24) is 4.98 Å². The Morgan fingerprint density at radius 3 is 2.29 bits per heavy atom. The number of anilines is 1. The van der Waals surface area contributed by atoms with Crippen molar-refractivity contribution in [3.63, 3.8) is 0 Å². The van der Waals surface area contributed by atoms with E-state index in [1.807, 2.05) is 42.5 Å². The lowest BCUT2D eigenvalue weighted by atomic mass is 10.0. The maximum absolute atomic E-state index is 12.4. The van der Waals surface area contributed by atoms with Gasteiger partial charge in [-0.05, 0) is 36.4 Å². The van der Waals surface area contributed by atoms with Crippen LogP contribution in [0.3, 0.4) is 0 Å². The third-order valence-electron chi connectivity index (χ3n) is 4.06. The molecule has 0 aliphatic heterocycles. The van der Waals surface area contributed by atoms with Gasteiger partial charge in [0.1, 0.15) is 5.75 Å². The number of nitrogens with zero attached hydrogens (tertiary/aromatic N) is 1. The molecule has 1 amide bonds. The quantitative estimate of drug-likeness (QED) is 0.492. The number of benzene rings is 3. The molecule has 3 aromatic carbocycles. The van der Waals surface area contributed by atoms with Crippen molar-refractivity contribution >= 4 is 38.4 Å². The first-order valence-electron chi connectivity index (χ1n) is 8.67. The van der Waals surface area contributed by atoms with E-state index in [0.29, 0.717) is 22.0 Å². The maximum atomic E-state index is 12.4. The second kappa shape index (κ2) is 8.02. The number of carbonyl (C=O) groups is 2. The number of thiazole rings is 1. The number of para-hydroxylation sites is 1. The molecule has 4 rings (SSSR count). The molecule has 0 saturated heterocycles. The summed E-state index contributed by atoms with van der Waals surface area (Å²) < 4.78 is 6.52. The minimum absolute atomic E-state index is 0.0549. The van der Waals surface area contributed by atoms with Crippen molar-refractivity contribution in [3.8, 4) is 5.75 Å². The van der Waals surface area contributed by atoms with Crippen LogP contribution in [0.15, 0.2) is 78.9 Å². The van der Waals surface area contributed by atoms with Crippen LogP contribution in [0.25, 0.3) is 10.2 Å². The molecule has 0 atom stereocenters. The third kappa shape index (κ3) is 4.07. The zero-order chi connectivity index (χ0) is 19.3. The van der Waals surface area contributed by atoms with Gasteiger partial charge >= 0.3 is 0 Å². The number of aromatic nitrogens is 1. The Labute approximate surface area is 165 Å². The first kappa shape index (κ1) is 17.9. The monoisotopic (exact) mass is 388 g/mol. The highest BCUT2D eigenvalue weighted by atomic mass is 32.1. The van der Waals surface area contributed by atoms with Crippen LogP contribution >= 0.6 is 11.3 Å². The summed E-state index contributed by atoms with van der Waals surface area (Å²) in [5, 5.41) is 3.28. The molecule has 0 spiro atoms. The minimum atomic E-state index is -0.288. The lowest BCUT2D eigenvalue weighted by Crippen LogP contribution is -2.20. The summed E-state index contributed by atoms with van der Waals surface area (Å²) in [6.07, 6.45) is 0. The Bertz CT molecular complexity index is 1090. The van der Waals surface area contributed by atoms with E-state index in [-0.39, 0.29) is 18.3 Å².